The van der Waals surface area contributed by atoms with Crippen LogP contribution in [0, 0.1) is 23.7 Å². The predicted octanol–water partition coefficient (Wildman–Crippen LogP) is 4.23. The van der Waals surface area contributed by atoms with Gasteiger partial charge in [-0.05, 0) is 37.1 Å². The molecule has 0 aromatic heterocycles. The maximum Gasteiger partial charge on any atom is 0.0100 e. The van der Waals surface area contributed by atoms with Crippen molar-refractivity contribution in [3.05, 3.63) is 0 Å². The zero-order valence-corrected chi connectivity index (χ0v) is 12.0. The van der Waals surface area contributed by atoms with Gasteiger partial charge in [0.2, 0.25) is 0 Å². The van der Waals surface area contributed by atoms with Crippen LogP contribution in [-0.2, 0) is 0 Å². The van der Waals surface area contributed by atoms with Crippen molar-refractivity contribution in [2.45, 2.75) is 71.3 Å². The van der Waals surface area contributed by atoms with E-state index in [-0.39, 0.29) is 0 Å². The van der Waals surface area contributed by atoms with Gasteiger partial charge in [0.25, 0.3) is 0 Å². The van der Waals surface area contributed by atoms with E-state index in [0.717, 1.165) is 29.7 Å². The normalized spacial score (nSPS) is 25.4. The molecule has 2 aliphatic rings. The van der Waals surface area contributed by atoms with Crippen LogP contribution in [0.2, 0.25) is 0 Å². The Morgan fingerprint density at radius 2 is 1.59 bits per heavy atom. The lowest BCUT2D eigenvalue weighted by Crippen LogP contribution is -2.46. The van der Waals surface area contributed by atoms with E-state index in [4.69, 9.17) is 0 Å². The van der Waals surface area contributed by atoms with Crippen molar-refractivity contribution in [1.82, 2.24) is 5.32 Å². The zero-order valence-electron chi connectivity index (χ0n) is 12.0. The topological polar surface area (TPSA) is 12.0 Å². The SMILES string of the molecule is CCC(C)CC(NC)C(C1CCC1)C1CCC1. The predicted molar refractivity (Wildman–Crippen MR) is 75.1 cm³/mol. The monoisotopic (exact) mass is 237 g/mol. The van der Waals surface area contributed by atoms with Gasteiger partial charge in [0.1, 0.15) is 0 Å². The van der Waals surface area contributed by atoms with Crippen molar-refractivity contribution in [3.63, 3.8) is 0 Å². The molecule has 2 saturated carbocycles. The van der Waals surface area contributed by atoms with E-state index < -0.39 is 0 Å². The van der Waals surface area contributed by atoms with Crippen molar-refractivity contribution in [2.24, 2.45) is 23.7 Å². The van der Waals surface area contributed by atoms with Crippen LogP contribution in [0.1, 0.15) is 65.2 Å². The van der Waals surface area contributed by atoms with Gasteiger partial charge in [0.15, 0.2) is 0 Å². The maximum absolute atomic E-state index is 3.67. The van der Waals surface area contributed by atoms with E-state index in [0.29, 0.717) is 0 Å². The van der Waals surface area contributed by atoms with E-state index >= 15 is 0 Å². The number of hydrogen-bond donors (Lipinski definition) is 1. The molecule has 0 amide bonds. The Labute approximate surface area is 108 Å². The summed E-state index contributed by atoms with van der Waals surface area (Å²) in [5, 5.41) is 3.67. The molecule has 100 valence electrons. The third-order valence-corrected chi connectivity index (χ3v) is 5.58. The lowest BCUT2D eigenvalue weighted by Gasteiger charge is -2.47. The average Bonchev–Trinajstić information content (AvgIpc) is 2.19. The Bertz CT molecular complexity index is 204. The zero-order chi connectivity index (χ0) is 12.3. The highest BCUT2D eigenvalue weighted by molar-refractivity contribution is 4.93. The summed E-state index contributed by atoms with van der Waals surface area (Å²) >= 11 is 0. The van der Waals surface area contributed by atoms with E-state index in [2.05, 4.69) is 26.2 Å². The summed E-state index contributed by atoms with van der Waals surface area (Å²) in [4.78, 5) is 0. The van der Waals surface area contributed by atoms with Crippen molar-refractivity contribution >= 4 is 0 Å². The molecule has 1 N–H and O–H groups in total. The summed E-state index contributed by atoms with van der Waals surface area (Å²) < 4.78 is 0. The van der Waals surface area contributed by atoms with Crippen molar-refractivity contribution in [2.75, 3.05) is 7.05 Å². The van der Waals surface area contributed by atoms with Crippen LogP contribution in [0.3, 0.4) is 0 Å². The van der Waals surface area contributed by atoms with E-state index in [1.807, 2.05) is 0 Å². The van der Waals surface area contributed by atoms with Crippen molar-refractivity contribution in [3.8, 4) is 0 Å². The van der Waals surface area contributed by atoms with Gasteiger partial charge < -0.3 is 5.32 Å². The largest absolute Gasteiger partial charge is 0.317 e. The minimum absolute atomic E-state index is 0.792. The smallest absolute Gasteiger partial charge is 0.0100 e. The molecule has 2 unspecified atom stereocenters. The molecular weight excluding hydrogens is 206 g/mol. The molecule has 2 rings (SSSR count). The third kappa shape index (κ3) is 3.05. The molecule has 17 heavy (non-hydrogen) atoms. The summed E-state index contributed by atoms with van der Waals surface area (Å²) in [6.07, 6.45) is 11.8. The maximum atomic E-state index is 3.67. The van der Waals surface area contributed by atoms with Crippen LogP contribution in [-0.4, -0.2) is 13.1 Å². The summed E-state index contributed by atoms with van der Waals surface area (Å²) in [5.41, 5.74) is 0. The van der Waals surface area contributed by atoms with Gasteiger partial charge in [-0.3, -0.25) is 0 Å². The number of rotatable bonds is 7. The first kappa shape index (κ1) is 13.4. The first-order chi connectivity index (χ1) is 8.26. The van der Waals surface area contributed by atoms with Gasteiger partial charge in [0, 0.05) is 6.04 Å². The van der Waals surface area contributed by atoms with Gasteiger partial charge in [-0.2, -0.15) is 0 Å². The van der Waals surface area contributed by atoms with Crippen LogP contribution in [0.15, 0.2) is 0 Å². The molecule has 0 saturated heterocycles. The van der Waals surface area contributed by atoms with E-state index in [9.17, 15) is 0 Å². The second kappa shape index (κ2) is 6.22. The van der Waals surface area contributed by atoms with Crippen LogP contribution in [0.25, 0.3) is 0 Å². The lowest BCUT2D eigenvalue weighted by molar-refractivity contribution is 0.0548. The highest BCUT2D eigenvalue weighted by Crippen LogP contribution is 2.46. The molecular formula is C16H31N. The van der Waals surface area contributed by atoms with Gasteiger partial charge in [0.05, 0.1) is 0 Å². The molecule has 0 bridgehead atoms. The molecule has 2 atom stereocenters. The molecule has 0 aromatic carbocycles. The van der Waals surface area contributed by atoms with Crippen LogP contribution < -0.4 is 5.32 Å². The summed E-state index contributed by atoms with van der Waals surface area (Å²) in [5.74, 6) is 4.00. The van der Waals surface area contributed by atoms with E-state index in [1.54, 1.807) is 0 Å². The third-order valence-electron chi connectivity index (χ3n) is 5.58. The molecule has 0 aromatic rings. The Kier molecular flexibility index (Phi) is 4.90. The number of nitrogens with one attached hydrogen (secondary N) is 1. The van der Waals surface area contributed by atoms with Gasteiger partial charge >= 0.3 is 0 Å². The minimum atomic E-state index is 0.792. The Morgan fingerprint density at radius 1 is 1.06 bits per heavy atom. The van der Waals surface area contributed by atoms with E-state index in [1.165, 1.54) is 51.4 Å². The minimum Gasteiger partial charge on any atom is -0.317 e. The fourth-order valence-electron chi connectivity index (χ4n) is 3.76. The molecule has 0 spiro atoms. The highest BCUT2D eigenvalue weighted by Gasteiger charge is 2.40. The number of hydrogen-bond acceptors (Lipinski definition) is 1. The fraction of sp³-hybridized carbons (Fsp3) is 1.00. The van der Waals surface area contributed by atoms with Crippen LogP contribution in [0.4, 0.5) is 0 Å². The Morgan fingerprint density at radius 3 is 1.88 bits per heavy atom. The second-order valence-electron chi connectivity index (χ2n) is 6.60. The first-order valence-electron chi connectivity index (χ1n) is 7.93. The molecule has 1 nitrogen and oxygen atoms in total. The molecule has 1 heteroatoms. The van der Waals surface area contributed by atoms with Gasteiger partial charge in [-0.25, -0.2) is 0 Å². The van der Waals surface area contributed by atoms with Crippen LogP contribution >= 0.6 is 0 Å². The molecule has 2 aliphatic carbocycles. The molecule has 0 radical (unpaired) electrons. The molecule has 0 heterocycles. The average molecular weight is 237 g/mol. The first-order valence-corrected chi connectivity index (χ1v) is 7.93. The van der Waals surface area contributed by atoms with Crippen molar-refractivity contribution < 1.29 is 0 Å². The highest BCUT2D eigenvalue weighted by atomic mass is 14.9. The van der Waals surface area contributed by atoms with Gasteiger partial charge in [-0.15, -0.1) is 0 Å². The molecule has 0 aliphatic heterocycles. The standard InChI is InChI=1S/C16H31N/c1-4-12(2)11-15(17-3)16(13-7-5-8-13)14-9-6-10-14/h12-17H,4-11H2,1-3H3. The second-order valence-corrected chi connectivity index (χ2v) is 6.60. The fourth-order valence-corrected chi connectivity index (χ4v) is 3.76. The summed E-state index contributed by atoms with van der Waals surface area (Å²) in [6, 6.07) is 0.792. The molecule has 2 fully saturated rings. The Balaban J connectivity index is 1.95. The quantitative estimate of drug-likeness (QED) is 0.699. The Hall–Kier alpha value is -0.0400. The van der Waals surface area contributed by atoms with Gasteiger partial charge in [-0.1, -0.05) is 58.8 Å². The van der Waals surface area contributed by atoms with Crippen molar-refractivity contribution in [1.29, 1.82) is 0 Å². The summed E-state index contributed by atoms with van der Waals surface area (Å²) in [6.45, 7) is 4.75. The lowest BCUT2D eigenvalue weighted by atomic mass is 9.61. The van der Waals surface area contributed by atoms with Crippen LogP contribution in [0.5, 0.6) is 0 Å². The summed E-state index contributed by atoms with van der Waals surface area (Å²) in [7, 11) is 2.19.